The molecule has 4 heterocycles. The lowest BCUT2D eigenvalue weighted by Gasteiger charge is -2.32. The van der Waals surface area contributed by atoms with Crippen molar-refractivity contribution in [2.45, 2.75) is 31.9 Å². The van der Waals surface area contributed by atoms with Gasteiger partial charge in [-0.05, 0) is 32.4 Å². The second-order valence-electron chi connectivity index (χ2n) is 10.4. The van der Waals surface area contributed by atoms with Crippen LogP contribution in [0.15, 0.2) is 48.9 Å². The molecule has 1 saturated heterocycles. The Morgan fingerprint density at radius 2 is 1.82 bits per heavy atom. The fourth-order valence-electron chi connectivity index (χ4n) is 4.63. The number of pyridine rings is 1. The van der Waals surface area contributed by atoms with Crippen molar-refractivity contribution in [3.8, 4) is 23.1 Å². The van der Waals surface area contributed by atoms with Crippen LogP contribution in [0.1, 0.15) is 25.3 Å². The van der Waals surface area contributed by atoms with Gasteiger partial charge in [0.1, 0.15) is 24.4 Å². The molecule has 0 bridgehead atoms. The molecule has 1 aliphatic heterocycles. The van der Waals surface area contributed by atoms with Gasteiger partial charge in [-0.25, -0.2) is 15.0 Å². The number of halogens is 1. The van der Waals surface area contributed by atoms with Gasteiger partial charge in [-0.15, -0.1) is 0 Å². The number of fused-ring (bicyclic) bond motifs is 1. The third-order valence-corrected chi connectivity index (χ3v) is 7.61. The summed E-state index contributed by atoms with van der Waals surface area (Å²) in [4.78, 5) is 23.3. The molecule has 3 aromatic heterocycles. The van der Waals surface area contributed by atoms with E-state index >= 15 is 0 Å². The van der Waals surface area contributed by atoms with Crippen LogP contribution in [0.5, 0.6) is 11.8 Å². The molecule has 1 aromatic carbocycles. The van der Waals surface area contributed by atoms with Gasteiger partial charge in [0, 0.05) is 45.0 Å². The van der Waals surface area contributed by atoms with Gasteiger partial charge in [0.15, 0.2) is 11.2 Å². The SMILES string of the molecule is CN1CCN(CCOc2cc(Cl)c(-c3nc4c(OC5(C)CC5)ncnc4n3Cc3ccccc3)cn2)CC1. The number of benzene rings is 1. The van der Waals surface area contributed by atoms with Crippen LogP contribution in [0.3, 0.4) is 0 Å². The first-order valence-corrected chi connectivity index (χ1v) is 13.5. The van der Waals surface area contributed by atoms with E-state index in [1.54, 1.807) is 12.3 Å². The van der Waals surface area contributed by atoms with Crippen LogP contribution in [-0.4, -0.2) is 86.3 Å². The zero-order chi connectivity index (χ0) is 26.1. The van der Waals surface area contributed by atoms with Gasteiger partial charge in [0.25, 0.3) is 0 Å². The van der Waals surface area contributed by atoms with Crippen molar-refractivity contribution in [2.24, 2.45) is 0 Å². The molecular formula is C28H32ClN7O2. The monoisotopic (exact) mass is 533 g/mol. The Morgan fingerprint density at radius 1 is 1.03 bits per heavy atom. The van der Waals surface area contributed by atoms with Crippen LogP contribution in [0.2, 0.25) is 5.02 Å². The van der Waals surface area contributed by atoms with Gasteiger partial charge >= 0.3 is 0 Å². The number of nitrogens with zero attached hydrogens (tertiary/aromatic N) is 7. The smallest absolute Gasteiger partial charge is 0.245 e. The number of imidazole rings is 1. The average Bonchev–Trinajstić information content (AvgIpc) is 3.54. The molecular weight excluding hydrogens is 502 g/mol. The average molecular weight is 534 g/mol. The van der Waals surface area contributed by atoms with Crippen molar-refractivity contribution < 1.29 is 9.47 Å². The molecule has 38 heavy (non-hydrogen) atoms. The molecule has 0 radical (unpaired) electrons. The molecule has 9 nitrogen and oxygen atoms in total. The van der Waals surface area contributed by atoms with Crippen LogP contribution < -0.4 is 9.47 Å². The Morgan fingerprint density at radius 3 is 2.55 bits per heavy atom. The Labute approximate surface area is 227 Å². The van der Waals surface area contributed by atoms with Crippen LogP contribution in [0, 0.1) is 0 Å². The maximum atomic E-state index is 6.81. The van der Waals surface area contributed by atoms with E-state index in [1.165, 1.54) is 6.33 Å². The van der Waals surface area contributed by atoms with E-state index in [0.29, 0.717) is 52.5 Å². The van der Waals surface area contributed by atoms with E-state index in [0.717, 1.165) is 51.1 Å². The summed E-state index contributed by atoms with van der Waals surface area (Å²) in [6, 6.07) is 12.0. The number of hydrogen-bond donors (Lipinski definition) is 0. The number of hydrogen-bond acceptors (Lipinski definition) is 8. The summed E-state index contributed by atoms with van der Waals surface area (Å²) in [6.45, 7) is 8.36. The lowest BCUT2D eigenvalue weighted by molar-refractivity contribution is 0.132. The maximum absolute atomic E-state index is 6.81. The molecule has 0 atom stereocenters. The zero-order valence-corrected chi connectivity index (χ0v) is 22.6. The van der Waals surface area contributed by atoms with E-state index in [9.17, 15) is 0 Å². The first kappa shape index (κ1) is 25.0. The molecule has 0 spiro atoms. The van der Waals surface area contributed by atoms with E-state index < -0.39 is 0 Å². The molecule has 2 aliphatic rings. The Bertz CT molecular complexity index is 1420. The molecule has 4 aromatic rings. The summed E-state index contributed by atoms with van der Waals surface area (Å²) < 4.78 is 14.2. The van der Waals surface area contributed by atoms with Crippen molar-refractivity contribution in [1.82, 2.24) is 34.3 Å². The van der Waals surface area contributed by atoms with Crippen molar-refractivity contribution in [1.29, 1.82) is 0 Å². The third-order valence-electron chi connectivity index (χ3n) is 7.30. The van der Waals surface area contributed by atoms with Gasteiger partial charge in [-0.1, -0.05) is 41.9 Å². The molecule has 6 rings (SSSR count). The fraction of sp³-hybridized carbons (Fsp3) is 0.429. The van der Waals surface area contributed by atoms with Gasteiger partial charge in [0.2, 0.25) is 11.8 Å². The predicted molar refractivity (Wildman–Crippen MR) is 147 cm³/mol. The molecule has 198 valence electrons. The topological polar surface area (TPSA) is 81.4 Å². The van der Waals surface area contributed by atoms with Crippen molar-refractivity contribution >= 4 is 22.8 Å². The molecule has 0 N–H and O–H groups in total. The number of ether oxygens (including phenoxy) is 2. The highest BCUT2D eigenvalue weighted by Crippen LogP contribution is 2.41. The largest absolute Gasteiger partial charge is 0.476 e. The second-order valence-corrected chi connectivity index (χ2v) is 10.8. The number of rotatable bonds is 9. The summed E-state index contributed by atoms with van der Waals surface area (Å²) in [5.41, 5.74) is 2.95. The van der Waals surface area contributed by atoms with E-state index in [2.05, 4.69) is 50.9 Å². The Hall–Kier alpha value is -3.27. The van der Waals surface area contributed by atoms with Crippen molar-refractivity contribution in [3.63, 3.8) is 0 Å². The molecule has 0 unspecified atom stereocenters. The minimum absolute atomic E-state index is 0.188. The molecule has 1 saturated carbocycles. The molecule has 1 aliphatic carbocycles. The first-order chi connectivity index (χ1) is 18.5. The van der Waals surface area contributed by atoms with E-state index in [-0.39, 0.29) is 5.60 Å². The van der Waals surface area contributed by atoms with Crippen molar-refractivity contribution in [2.75, 3.05) is 46.4 Å². The van der Waals surface area contributed by atoms with Gasteiger partial charge < -0.3 is 18.9 Å². The Balaban J connectivity index is 1.28. The van der Waals surface area contributed by atoms with Crippen LogP contribution in [0.25, 0.3) is 22.6 Å². The predicted octanol–water partition coefficient (Wildman–Crippen LogP) is 4.15. The quantitative estimate of drug-likeness (QED) is 0.317. The summed E-state index contributed by atoms with van der Waals surface area (Å²) in [7, 11) is 2.16. The van der Waals surface area contributed by atoms with Crippen LogP contribution >= 0.6 is 11.6 Å². The lowest BCUT2D eigenvalue weighted by atomic mass is 10.2. The highest BCUT2D eigenvalue weighted by molar-refractivity contribution is 6.33. The summed E-state index contributed by atoms with van der Waals surface area (Å²) >= 11 is 6.81. The van der Waals surface area contributed by atoms with Crippen LogP contribution in [-0.2, 0) is 6.54 Å². The summed E-state index contributed by atoms with van der Waals surface area (Å²) in [6.07, 6.45) is 5.27. The highest BCUT2D eigenvalue weighted by atomic mass is 35.5. The maximum Gasteiger partial charge on any atom is 0.245 e. The summed E-state index contributed by atoms with van der Waals surface area (Å²) in [5.74, 6) is 1.66. The lowest BCUT2D eigenvalue weighted by Crippen LogP contribution is -2.45. The minimum Gasteiger partial charge on any atom is -0.476 e. The minimum atomic E-state index is -0.188. The summed E-state index contributed by atoms with van der Waals surface area (Å²) in [5, 5.41) is 0.517. The van der Waals surface area contributed by atoms with Gasteiger partial charge in [-0.2, -0.15) is 4.98 Å². The van der Waals surface area contributed by atoms with Gasteiger partial charge in [0.05, 0.1) is 17.1 Å². The zero-order valence-electron chi connectivity index (χ0n) is 21.8. The number of aromatic nitrogens is 5. The second kappa shape index (κ2) is 10.5. The Kier molecular flexibility index (Phi) is 6.90. The van der Waals surface area contributed by atoms with E-state index in [1.807, 2.05) is 22.8 Å². The fourth-order valence-corrected chi connectivity index (χ4v) is 4.86. The van der Waals surface area contributed by atoms with Crippen molar-refractivity contribution in [3.05, 3.63) is 59.5 Å². The van der Waals surface area contributed by atoms with E-state index in [4.69, 9.17) is 26.1 Å². The number of piperazine rings is 1. The normalized spacial score (nSPS) is 17.6. The molecule has 0 amide bonds. The first-order valence-electron chi connectivity index (χ1n) is 13.1. The molecule has 10 heteroatoms. The standard InChI is InChI=1S/C28H32ClN7O2/c1-28(8-9-28)38-27-24-26(31-19-32-27)36(18-20-6-4-3-5-7-20)25(33-24)21-17-30-23(16-22(21)29)37-15-14-35-12-10-34(2)11-13-35/h3-7,16-17,19H,8-15,18H2,1-2H3. The molecule has 2 fully saturated rings. The highest BCUT2D eigenvalue weighted by Gasteiger charge is 2.41. The third kappa shape index (κ3) is 5.45. The van der Waals surface area contributed by atoms with Crippen LogP contribution in [0.4, 0.5) is 0 Å². The number of likely N-dealkylation sites (N-methyl/N-ethyl adjacent to an activating group) is 1. The van der Waals surface area contributed by atoms with Gasteiger partial charge in [-0.3, -0.25) is 4.90 Å².